The van der Waals surface area contributed by atoms with Gasteiger partial charge in [-0.25, -0.2) is 14.6 Å². The van der Waals surface area contributed by atoms with Crippen LogP contribution in [0.4, 0.5) is 5.69 Å². The molecule has 0 bridgehead atoms. The lowest BCUT2D eigenvalue weighted by molar-refractivity contribution is -0.132. The molecule has 1 aliphatic heterocycles. The second-order valence-electron chi connectivity index (χ2n) is 7.93. The van der Waals surface area contributed by atoms with Gasteiger partial charge in [-0.1, -0.05) is 11.6 Å². The Bertz CT molecular complexity index is 1310. The van der Waals surface area contributed by atoms with Crippen LogP contribution in [-0.2, 0) is 18.4 Å². The first-order valence-electron chi connectivity index (χ1n) is 10.7. The first kappa shape index (κ1) is 21.3. The van der Waals surface area contributed by atoms with E-state index in [0.717, 1.165) is 35.7 Å². The first-order valence-corrected chi connectivity index (χ1v) is 11.1. The van der Waals surface area contributed by atoms with Crippen LogP contribution in [0.5, 0.6) is 5.75 Å². The molecule has 1 aliphatic rings. The van der Waals surface area contributed by atoms with Crippen LogP contribution in [0, 0.1) is 0 Å². The van der Waals surface area contributed by atoms with Crippen molar-refractivity contribution in [3.8, 4) is 17.3 Å². The molecule has 1 aromatic carbocycles. The average Bonchev–Trinajstić information content (AvgIpc) is 3.42. The number of hydrogen-bond donors (Lipinski definition) is 0. The highest BCUT2D eigenvalue weighted by atomic mass is 35.5. The number of pyridine rings is 1. The van der Waals surface area contributed by atoms with Gasteiger partial charge in [0.25, 0.3) is 0 Å². The number of piperazine rings is 1. The monoisotopic (exact) mass is 465 g/mol. The first-order chi connectivity index (χ1) is 16.0. The number of carbonyl (C=O) groups is 1. The fourth-order valence-electron chi connectivity index (χ4n) is 4.17. The Hall–Kier alpha value is -3.59. The summed E-state index contributed by atoms with van der Waals surface area (Å²) in [6.45, 7) is 2.85. The molecule has 0 spiro atoms. The number of carbonyl (C=O) groups excluding carboxylic acids is 1. The second kappa shape index (κ2) is 8.74. The quantitative estimate of drug-likeness (QED) is 0.451. The molecule has 9 nitrogen and oxygen atoms in total. The number of aromatic nitrogens is 5. The number of methoxy groups -OCH3 is 1. The highest BCUT2D eigenvalue weighted by Gasteiger charge is 2.24. The van der Waals surface area contributed by atoms with Gasteiger partial charge >= 0.3 is 0 Å². The van der Waals surface area contributed by atoms with Crippen molar-refractivity contribution in [1.82, 2.24) is 29.2 Å². The van der Waals surface area contributed by atoms with E-state index in [2.05, 4.69) is 14.9 Å². The zero-order valence-electron chi connectivity index (χ0n) is 18.5. The predicted molar refractivity (Wildman–Crippen MR) is 127 cm³/mol. The van der Waals surface area contributed by atoms with E-state index in [-0.39, 0.29) is 12.5 Å². The largest absolute Gasteiger partial charge is 0.495 e. The normalized spacial score (nSPS) is 14.2. The number of rotatable bonds is 5. The summed E-state index contributed by atoms with van der Waals surface area (Å²) < 4.78 is 8.92. The van der Waals surface area contributed by atoms with Crippen molar-refractivity contribution in [1.29, 1.82) is 0 Å². The van der Waals surface area contributed by atoms with E-state index >= 15 is 0 Å². The lowest BCUT2D eigenvalue weighted by Crippen LogP contribution is -2.49. The Morgan fingerprint density at radius 3 is 2.67 bits per heavy atom. The van der Waals surface area contributed by atoms with Crippen LogP contribution in [0.2, 0.25) is 5.02 Å². The van der Waals surface area contributed by atoms with Gasteiger partial charge in [-0.2, -0.15) is 5.10 Å². The highest BCUT2D eigenvalue weighted by Crippen LogP contribution is 2.30. The van der Waals surface area contributed by atoms with Crippen molar-refractivity contribution in [2.45, 2.75) is 6.54 Å². The van der Waals surface area contributed by atoms with E-state index in [0.29, 0.717) is 29.5 Å². The molecular weight excluding hydrogens is 442 g/mol. The van der Waals surface area contributed by atoms with Gasteiger partial charge in [0.05, 0.1) is 17.5 Å². The van der Waals surface area contributed by atoms with E-state index in [1.165, 1.54) is 0 Å². The number of aryl methyl sites for hydroxylation is 1. The minimum atomic E-state index is 0.0183. The molecule has 5 rings (SSSR count). The van der Waals surface area contributed by atoms with Crippen molar-refractivity contribution >= 4 is 34.2 Å². The Morgan fingerprint density at radius 2 is 1.94 bits per heavy atom. The van der Waals surface area contributed by atoms with Gasteiger partial charge < -0.3 is 19.1 Å². The summed E-state index contributed by atoms with van der Waals surface area (Å²) in [6, 6.07) is 9.57. The Morgan fingerprint density at radius 1 is 1.12 bits per heavy atom. The molecule has 4 heterocycles. The summed E-state index contributed by atoms with van der Waals surface area (Å²) in [7, 11) is 3.53. The number of halogens is 1. The summed E-state index contributed by atoms with van der Waals surface area (Å²) in [5.74, 6) is 1.41. The van der Waals surface area contributed by atoms with Crippen LogP contribution in [0.3, 0.4) is 0 Å². The third-order valence-corrected chi connectivity index (χ3v) is 6.27. The van der Waals surface area contributed by atoms with Gasteiger partial charge in [-0.05, 0) is 24.3 Å². The van der Waals surface area contributed by atoms with Gasteiger partial charge in [0.15, 0.2) is 11.5 Å². The Labute approximate surface area is 196 Å². The zero-order chi connectivity index (χ0) is 22.9. The van der Waals surface area contributed by atoms with Crippen molar-refractivity contribution in [3.05, 3.63) is 53.9 Å². The molecule has 0 radical (unpaired) electrons. The van der Waals surface area contributed by atoms with Gasteiger partial charge in [0, 0.05) is 63.6 Å². The Balaban J connectivity index is 1.31. The Kier molecular flexibility index (Phi) is 5.63. The molecule has 0 N–H and O–H groups in total. The summed E-state index contributed by atoms with van der Waals surface area (Å²) in [5, 5.41) is 6.16. The van der Waals surface area contributed by atoms with Crippen molar-refractivity contribution < 1.29 is 9.53 Å². The van der Waals surface area contributed by atoms with E-state index in [4.69, 9.17) is 21.4 Å². The number of ether oxygens (including phenoxy) is 1. The fourth-order valence-corrected chi connectivity index (χ4v) is 4.36. The van der Waals surface area contributed by atoms with Crippen molar-refractivity contribution in [2.75, 3.05) is 38.2 Å². The second-order valence-corrected chi connectivity index (χ2v) is 8.34. The molecule has 4 aromatic rings. The minimum absolute atomic E-state index is 0.0183. The molecule has 10 heteroatoms. The number of fused-ring (bicyclic) bond motifs is 1. The number of imidazole rings is 1. The summed E-state index contributed by atoms with van der Waals surface area (Å²) in [5.41, 5.74) is 2.43. The smallest absolute Gasteiger partial charge is 0.244 e. The van der Waals surface area contributed by atoms with Gasteiger partial charge in [-0.3, -0.25) is 4.79 Å². The minimum Gasteiger partial charge on any atom is -0.495 e. The molecule has 0 aliphatic carbocycles. The summed E-state index contributed by atoms with van der Waals surface area (Å²) in [6.07, 6.45) is 5.32. The molecule has 33 heavy (non-hydrogen) atoms. The van der Waals surface area contributed by atoms with Gasteiger partial charge in [0.1, 0.15) is 18.0 Å². The van der Waals surface area contributed by atoms with Crippen molar-refractivity contribution in [2.24, 2.45) is 7.05 Å². The molecule has 1 amide bonds. The van der Waals surface area contributed by atoms with Gasteiger partial charge in [0.2, 0.25) is 5.91 Å². The SMILES string of the molecule is COc1cc(N2CCN(C(=O)Cn3nc(-c4nccn4C)c4cccnc43)CC2)ccc1Cl. The van der Waals surface area contributed by atoms with Gasteiger partial charge in [-0.15, -0.1) is 0 Å². The topological polar surface area (TPSA) is 81.3 Å². The molecule has 0 atom stereocenters. The molecule has 0 unspecified atom stereocenters. The highest BCUT2D eigenvalue weighted by molar-refractivity contribution is 6.32. The standard InChI is InChI=1S/C23H24ClN7O2/c1-28-9-8-26-23(28)21-17-4-3-7-25-22(17)31(27-21)15-20(32)30-12-10-29(11-13-30)16-5-6-18(24)19(14-16)33-2/h3-9,14H,10-13,15H2,1-2H3. The van der Waals surface area contributed by atoms with Crippen LogP contribution in [0.1, 0.15) is 0 Å². The van der Waals surface area contributed by atoms with Crippen LogP contribution >= 0.6 is 11.6 Å². The van der Waals surface area contributed by atoms with Crippen LogP contribution in [0.15, 0.2) is 48.9 Å². The third-order valence-electron chi connectivity index (χ3n) is 5.96. The zero-order valence-corrected chi connectivity index (χ0v) is 19.2. The lowest BCUT2D eigenvalue weighted by Gasteiger charge is -2.36. The number of benzene rings is 1. The van der Waals surface area contributed by atoms with Crippen LogP contribution in [0.25, 0.3) is 22.6 Å². The molecule has 3 aromatic heterocycles. The van der Waals surface area contributed by atoms with Crippen LogP contribution in [-0.4, -0.2) is 68.4 Å². The van der Waals surface area contributed by atoms with E-state index in [9.17, 15) is 4.79 Å². The predicted octanol–water partition coefficient (Wildman–Crippen LogP) is 2.84. The summed E-state index contributed by atoms with van der Waals surface area (Å²) in [4.78, 5) is 26.1. The average molecular weight is 466 g/mol. The molecule has 170 valence electrons. The molecular formula is C23H24ClN7O2. The number of amides is 1. The van der Waals surface area contributed by atoms with Crippen molar-refractivity contribution in [3.63, 3.8) is 0 Å². The third kappa shape index (κ3) is 4.00. The maximum atomic E-state index is 13.1. The maximum Gasteiger partial charge on any atom is 0.244 e. The molecule has 0 saturated carbocycles. The van der Waals surface area contributed by atoms with E-state index < -0.39 is 0 Å². The van der Waals surface area contributed by atoms with E-state index in [1.54, 1.807) is 24.2 Å². The number of nitrogens with zero attached hydrogens (tertiary/aromatic N) is 7. The number of anilines is 1. The fraction of sp³-hybridized carbons (Fsp3) is 0.304. The summed E-state index contributed by atoms with van der Waals surface area (Å²) >= 11 is 6.15. The number of hydrogen-bond acceptors (Lipinski definition) is 6. The maximum absolute atomic E-state index is 13.1. The molecule has 1 saturated heterocycles. The molecule has 1 fully saturated rings. The van der Waals surface area contributed by atoms with Crippen LogP contribution < -0.4 is 9.64 Å². The lowest BCUT2D eigenvalue weighted by atomic mass is 10.2. The van der Waals surface area contributed by atoms with E-state index in [1.807, 2.05) is 53.0 Å².